The fourth-order valence-corrected chi connectivity index (χ4v) is 0.285. The van der Waals surface area contributed by atoms with Gasteiger partial charge in [0.1, 0.15) is 0 Å². The van der Waals surface area contributed by atoms with Crippen LogP contribution in [0, 0.1) is 0 Å². The molecule has 7 heavy (non-hydrogen) atoms. The van der Waals surface area contributed by atoms with Crippen LogP contribution in [0.5, 0.6) is 0 Å². The van der Waals surface area contributed by atoms with Crippen molar-refractivity contribution in [2.24, 2.45) is 15.1 Å². The molecular formula is C3H3N3O. The van der Waals surface area contributed by atoms with Gasteiger partial charge in [0.2, 0.25) is 0 Å². The highest BCUT2D eigenvalue weighted by molar-refractivity contribution is 6.26. The van der Waals surface area contributed by atoms with Gasteiger partial charge in [-0.2, -0.15) is 0 Å². The number of hydrogen-bond donors (Lipinski definition) is 1. The van der Waals surface area contributed by atoms with Crippen molar-refractivity contribution in [3.8, 4) is 0 Å². The van der Waals surface area contributed by atoms with Gasteiger partial charge in [-0.15, -0.1) is 0 Å². The van der Waals surface area contributed by atoms with Crippen LogP contribution in [-0.4, -0.2) is 23.6 Å². The molecule has 0 saturated carbocycles. The van der Waals surface area contributed by atoms with E-state index >= 15 is 0 Å². The van der Waals surface area contributed by atoms with E-state index in [1.807, 2.05) is 0 Å². The minimum Gasteiger partial charge on any atom is -0.408 e. The van der Waals surface area contributed by atoms with Crippen LogP contribution in [0.2, 0.25) is 0 Å². The standard InChI is InChI=1S/C3H3N3O/c7-6-3-4-1-2-5-3/h1-2,7H. The first-order valence-corrected chi connectivity index (χ1v) is 1.72. The molecule has 0 unspecified atom stereocenters. The van der Waals surface area contributed by atoms with Gasteiger partial charge in [-0.3, -0.25) is 0 Å². The number of nitrogens with zero attached hydrogens (tertiary/aromatic N) is 3. The van der Waals surface area contributed by atoms with Gasteiger partial charge in [-0.05, 0) is 5.16 Å². The van der Waals surface area contributed by atoms with Crippen LogP contribution in [0.3, 0.4) is 0 Å². The third kappa shape index (κ3) is 0.623. The van der Waals surface area contributed by atoms with Crippen molar-refractivity contribution in [3.63, 3.8) is 0 Å². The highest BCUT2D eigenvalue weighted by Crippen LogP contribution is 1.83. The molecule has 4 heteroatoms. The molecule has 0 fully saturated rings. The van der Waals surface area contributed by atoms with E-state index in [1.165, 1.54) is 12.4 Å². The van der Waals surface area contributed by atoms with E-state index in [0.29, 0.717) is 0 Å². The minimum atomic E-state index is 0.111. The summed E-state index contributed by atoms with van der Waals surface area (Å²) in [7, 11) is 0. The molecule has 0 aromatic heterocycles. The molecule has 1 rings (SSSR count). The Labute approximate surface area is 39.9 Å². The van der Waals surface area contributed by atoms with Gasteiger partial charge in [0, 0.05) is 12.4 Å². The van der Waals surface area contributed by atoms with Crippen molar-refractivity contribution in [2.45, 2.75) is 0 Å². The molecule has 36 valence electrons. The fourth-order valence-electron chi connectivity index (χ4n) is 0.285. The fraction of sp³-hybridized carbons (Fsp3) is 0. The Morgan fingerprint density at radius 3 is 2.29 bits per heavy atom. The van der Waals surface area contributed by atoms with Crippen LogP contribution < -0.4 is 0 Å². The first-order valence-electron chi connectivity index (χ1n) is 1.72. The molecule has 0 radical (unpaired) electrons. The van der Waals surface area contributed by atoms with Crippen LogP contribution in [0.15, 0.2) is 15.1 Å². The van der Waals surface area contributed by atoms with Gasteiger partial charge < -0.3 is 5.21 Å². The first-order chi connectivity index (χ1) is 3.43. The van der Waals surface area contributed by atoms with Gasteiger partial charge in [0.15, 0.2) is 0 Å². The van der Waals surface area contributed by atoms with E-state index in [4.69, 9.17) is 5.21 Å². The topological polar surface area (TPSA) is 57.3 Å². The summed E-state index contributed by atoms with van der Waals surface area (Å²) in [4.78, 5) is 7.01. The van der Waals surface area contributed by atoms with Crippen LogP contribution in [0.4, 0.5) is 0 Å². The van der Waals surface area contributed by atoms with Crippen molar-refractivity contribution in [1.82, 2.24) is 0 Å². The van der Waals surface area contributed by atoms with E-state index in [9.17, 15) is 0 Å². The quantitative estimate of drug-likeness (QED) is 0.332. The molecular weight excluding hydrogens is 94.1 g/mol. The maximum atomic E-state index is 7.93. The molecule has 0 spiro atoms. The monoisotopic (exact) mass is 97.0 g/mol. The molecule has 4 nitrogen and oxygen atoms in total. The third-order valence-corrected chi connectivity index (χ3v) is 0.536. The SMILES string of the molecule is ON=C1N=CC=N1. The second-order valence-corrected chi connectivity index (χ2v) is 0.956. The summed E-state index contributed by atoms with van der Waals surface area (Å²) in [6.07, 6.45) is 2.91. The molecule has 0 aromatic carbocycles. The normalized spacial score (nSPS) is 15.7. The summed E-state index contributed by atoms with van der Waals surface area (Å²) >= 11 is 0. The highest BCUT2D eigenvalue weighted by Gasteiger charge is 1.91. The summed E-state index contributed by atoms with van der Waals surface area (Å²) < 4.78 is 0. The third-order valence-electron chi connectivity index (χ3n) is 0.536. The van der Waals surface area contributed by atoms with E-state index in [0.717, 1.165) is 0 Å². The zero-order valence-electron chi connectivity index (χ0n) is 3.44. The highest BCUT2D eigenvalue weighted by atomic mass is 16.4. The van der Waals surface area contributed by atoms with E-state index in [-0.39, 0.29) is 5.96 Å². The summed E-state index contributed by atoms with van der Waals surface area (Å²) in [5, 5.41) is 10.6. The molecule has 0 amide bonds. The predicted octanol–water partition coefficient (Wildman–Crippen LogP) is -0.113. The lowest BCUT2D eigenvalue weighted by molar-refractivity contribution is 0.318. The van der Waals surface area contributed by atoms with Gasteiger partial charge in [0.05, 0.1) is 0 Å². The van der Waals surface area contributed by atoms with Gasteiger partial charge in [0.25, 0.3) is 5.96 Å². The Hall–Kier alpha value is -1.19. The Kier molecular flexibility index (Phi) is 0.856. The van der Waals surface area contributed by atoms with E-state index in [1.54, 1.807) is 0 Å². The average Bonchev–Trinajstić information content (AvgIpc) is 2.14. The van der Waals surface area contributed by atoms with Gasteiger partial charge >= 0.3 is 0 Å². The van der Waals surface area contributed by atoms with Gasteiger partial charge in [-0.25, -0.2) is 9.98 Å². The lowest BCUT2D eigenvalue weighted by Gasteiger charge is -1.74. The maximum absolute atomic E-state index is 7.93. The molecule has 1 aliphatic rings. The lowest BCUT2D eigenvalue weighted by Crippen LogP contribution is -1.79. The number of guanidine groups is 1. The number of hydrogen-bond acceptors (Lipinski definition) is 2. The molecule has 0 atom stereocenters. The second-order valence-electron chi connectivity index (χ2n) is 0.956. The van der Waals surface area contributed by atoms with Gasteiger partial charge in [-0.1, -0.05) is 0 Å². The van der Waals surface area contributed by atoms with Crippen LogP contribution in [0.25, 0.3) is 0 Å². The van der Waals surface area contributed by atoms with Crippen molar-refractivity contribution in [1.29, 1.82) is 0 Å². The Morgan fingerprint density at radius 2 is 2.00 bits per heavy atom. The first kappa shape index (κ1) is 3.98. The summed E-state index contributed by atoms with van der Waals surface area (Å²) in [5.41, 5.74) is 0. The van der Waals surface area contributed by atoms with Crippen LogP contribution in [0.1, 0.15) is 0 Å². The largest absolute Gasteiger partial charge is 0.408 e. The molecule has 0 aliphatic carbocycles. The molecule has 0 bridgehead atoms. The smallest absolute Gasteiger partial charge is 0.285 e. The van der Waals surface area contributed by atoms with Crippen molar-refractivity contribution >= 4 is 18.4 Å². The van der Waals surface area contributed by atoms with E-state index < -0.39 is 0 Å². The molecule has 1 aliphatic heterocycles. The minimum absolute atomic E-state index is 0.111. The average molecular weight is 97.1 g/mol. The predicted molar refractivity (Wildman–Crippen MR) is 26.2 cm³/mol. The Bertz CT molecular complexity index is 132. The molecule has 1 heterocycles. The summed E-state index contributed by atoms with van der Waals surface area (Å²) in [6, 6.07) is 0. The summed E-state index contributed by atoms with van der Waals surface area (Å²) in [5.74, 6) is 0.111. The number of oxime groups is 1. The number of rotatable bonds is 0. The Balaban J connectivity index is 2.79. The van der Waals surface area contributed by atoms with Crippen LogP contribution in [-0.2, 0) is 0 Å². The van der Waals surface area contributed by atoms with Crippen LogP contribution >= 0.6 is 0 Å². The maximum Gasteiger partial charge on any atom is 0.285 e. The molecule has 0 saturated heterocycles. The lowest BCUT2D eigenvalue weighted by atomic mass is 10.9. The van der Waals surface area contributed by atoms with Crippen molar-refractivity contribution in [2.75, 3.05) is 0 Å². The van der Waals surface area contributed by atoms with Crippen molar-refractivity contribution < 1.29 is 5.21 Å². The zero-order chi connectivity index (χ0) is 5.11. The van der Waals surface area contributed by atoms with Crippen molar-refractivity contribution in [3.05, 3.63) is 0 Å². The number of aliphatic imine (C=N–C) groups is 2. The van der Waals surface area contributed by atoms with E-state index in [2.05, 4.69) is 15.1 Å². The summed E-state index contributed by atoms with van der Waals surface area (Å²) in [6.45, 7) is 0. The molecule has 0 aromatic rings. The Morgan fingerprint density at radius 1 is 1.43 bits per heavy atom. The second kappa shape index (κ2) is 1.51. The zero-order valence-corrected chi connectivity index (χ0v) is 3.44. The molecule has 1 N–H and O–H groups in total.